The third-order valence-corrected chi connectivity index (χ3v) is 7.93. The molecule has 5 rings (SSSR count). The molecule has 0 saturated carbocycles. The molecule has 0 spiro atoms. The summed E-state index contributed by atoms with van der Waals surface area (Å²) in [6, 6.07) is 8.43. The zero-order valence-corrected chi connectivity index (χ0v) is 21.4. The van der Waals surface area contributed by atoms with Gasteiger partial charge in [-0.05, 0) is 68.7 Å². The van der Waals surface area contributed by atoms with Crippen LogP contribution < -0.4 is 19.3 Å². The second-order valence-electron chi connectivity index (χ2n) is 10.3. The number of anilines is 2. The highest BCUT2D eigenvalue weighted by atomic mass is 16.5. The van der Waals surface area contributed by atoms with Crippen LogP contribution in [0.3, 0.4) is 0 Å². The van der Waals surface area contributed by atoms with Crippen LogP contribution >= 0.6 is 0 Å². The highest BCUT2D eigenvalue weighted by Gasteiger charge is 2.40. The first-order valence-corrected chi connectivity index (χ1v) is 12.6. The maximum atomic E-state index is 6.71. The number of methoxy groups -OCH3 is 1. The van der Waals surface area contributed by atoms with Crippen molar-refractivity contribution in [2.75, 3.05) is 75.9 Å². The van der Waals surface area contributed by atoms with Crippen LogP contribution in [0.4, 0.5) is 11.4 Å². The van der Waals surface area contributed by atoms with Crippen molar-refractivity contribution in [3.8, 4) is 11.5 Å². The maximum Gasteiger partial charge on any atom is 0.127 e. The average molecular weight is 466 g/mol. The molecular weight excluding hydrogens is 426 g/mol. The monoisotopic (exact) mass is 465 g/mol. The third-order valence-electron chi connectivity index (χ3n) is 7.93. The molecule has 2 saturated heterocycles. The first-order valence-electron chi connectivity index (χ1n) is 12.6. The van der Waals surface area contributed by atoms with Gasteiger partial charge in [-0.15, -0.1) is 0 Å². The number of hydrogen-bond acceptors (Lipinski definition) is 6. The van der Waals surface area contributed by atoms with Crippen LogP contribution in [0.2, 0.25) is 0 Å². The Morgan fingerprint density at radius 1 is 0.853 bits per heavy atom. The highest BCUT2D eigenvalue weighted by molar-refractivity contribution is 5.70. The van der Waals surface area contributed by atoms with Crippen molar-refractivity contribution in [3.05, 3.63) is 46.5 Å². The number of benzene rings is 2. The van der Waals surface area contributed by atoms with E-state index in [0.717, 1.165) is 76.9 Å². The minimum atomic E-state index is -0.173. The molecule has 6 nitrogen and oxygen atoms in total. The van der Waals surface area contributed by atoms with Gasteiger partial charge in [-0.25, -0.2) is 0 Å². The van der Waals surface area contributed by atoms with Gasteiger partial charge in [-0.3, -0.25) is 4.90 Å². The summed E-state index contributed by atoms with van der Waals surface area (Å²) in [5.41, 5.74) is 8.00. The minimum absolute atomic E-state index is 0.173. The first-order chi connectivity index (χ1) is 16.4. The molecule has 2 aromatic carbocycles. The second kappa shape index (κ2) is 9.31. The fourth-order valence-corrected chi connectivity index (χ4v) is 5.95. The Morgan fingerprint density at radius 2 is 1.50 bits per heavy atom. The van der Waals surface area contributed by atoms with Crippen molar-refractivity contribution in [2.45, 2.75) is 39.7 Å². The molecule has 0 aromatic heterocycles. The number of morpholine rings is 1. The van der Waals surface area contributed by atoms with E-state index in [1.807, 2.05) is 12.1 Å². The molecule has 34 heavy (non-hydrogen) atoms. The molecule has 2 fully saturated rings. The molecule has 0 bridgehead atoms. The van der Waals surface area contributed by atoms with Gasteiger partial charge in [-0.1, -0.05) is 0 Å². The van der Waals surface area contributed by atoms with Gasteiger partial charge in [0.2, 0.25) is 0 Å². The molecule has 3 aliphatic rings. The molecule has 3 heterocycles. The minimum Gasteiger partial charge on any atom is -0.497 e. The lowest BCUT2D eigenvalue weighted by molar-refractivity contribution is -0.00275. The average Bonchev–Trinajstić information content (AvgIpc) is 3.21. The van der Waals surface area contributed by atoms with Gasteiger partial charge in [0.1, 0.15) is 17.1 Å². The molecule has 3 aliphatic heterocycles. The van der Waals surface area contributed by atoms with E-state index in [2.05, 4.69) is 54.5 Å². The summed E-state index contributed by atoms with van der Waals surface area (Å²) >= 11 is 0. The maximum absolute atomic E-state index is 6.71. The van der Waals surface area contributed by atoms with E-state index >= 15 is 0 Å². The number of ether oxygens (including phenoxy) is 3. The SMILES string of the molecule is COc1ccc(N2CCN(c3c(C)c(C)c4c(c3C)CC(C)(CN3CCOCC3)O4)CC2)cc1. The summed E-state index contributed by atoms with van der Waals surface area (Å²) in [5.74, 6) is 2.04. The first kappa shape index (κ1) is 23.3. The predicted molar refractivity (Wildman–Crippen MR) is 138 cm³/mol. The fourth-order valence-electron chi connectivity index (χ4n) is 5.95. The molecule has 0 N–H and O–H groups in total. The zero-order chi connectivity index (χ0) is 23.9. The van der Waals surface area contributed by atoms with Crippen LogP contribution in [0.1, 0.15) is 29.2 Å². The molecule has 2 aromatic rings. The number of nitrogens with zero attached hydrogens (tertiary/aromatic N) is 3. The van der Waals surface area contributed by atoms with E-state index in [0.29, 0.717) is 0 Å². The standard InChI is InChI=1S/C28H39N3O3/c1-20-21(2)27-25(18-28(4,34-27)19-29-14-16-33-17-15-29)22(3)26(20)31-12-10-30(11-13-31)23-6-8-24(32-5)9-7-23/h6-9H,10-19H2,1-5H3. The molecule has 6 heteroatoms. The van der Waals surface area contributed by atoms with Gasteiger partial charge < -0.3 is 24.0 Å². The van der Waals surface area contributed by atoms with Crippen LogP contribution in [0.5, 0.6) is 11.5 Å². The zero-order valence-electron chi connectivity index (χ0n) is 21.4. The fraction of sp³-hybridized carbons (Fsp3) is 0.571. The quantitative estimate of drug-likeness (QED) is 0.665. The summed E-state index contributed by atoms with van der Waals surface area (Å²) in [4.78, 5) is 7.56. The Bertz CT molecular complexity index is 1020. The van der Waals surface area contributed by atoms with Crippen LogP contribution in [0, 0.1) is 20.8 Å². The lowest BCUT2D eigenvalue weighted by Crippen LogP contribution is -2.48. The Hall–Kier alpha value is -2.44. The summed E-state index contributed by atoms with van der Waals surface area (Å²) < 4.78 is 17.6. The predicted octanol–water partition coefficient (Wildman–Crippen LogP) is 3.97. The molecule has 184 valence electrons. The van der Waals surface area contributed by atoms with Crippen LogP contribution in [-0.4, -0.2) is 76.6 Å². The van der Waals surface area contributed by atoms with Gasteiger partial charge in [-0.2, -0.15) is 0 Å². The molecule has 1 unspecified atom stereocenters. The summed E-state index contributed by atoms with van der Waals surface area (Å²) in [6.45, 7) is 17.8. The molecule has 0 aliphatic carbocycles. The van der Waals surface area contributed by atoms with Crippen molar-refractivity contribution in [1.82, 2.24) is 4.90 Å². The van der Waals surface area contributed by atoms with E-state index in [1.54, 1.807) is 7.11 Å². The van der Waals surface area contributed by atoms with Crippen molar-refractivity contribution in [1.29, 1.82) is 0 Å². The van der Waals surface area contributed by atoms with E-state index in [9.17, 15) is 0 Å². The van der Waals surface area contributed by atoms with Gasteiger partial charge in [0.25, 0.3) is 0 Å². The lowest BCUT2D eigenvalue weighted by atomic mass is 9.90. The molecule has 0 radical (unpaired) electrons. The lowest BCUT2D eigenvalue weighted by Gasteiger charge is -2.39. The Balaban J connectivity index is 1.33. The topological polar surface area (TPSA) is 37.4 Å². The van der Waals surface area contributed by atoms with Crippen molar-refractivity contribution in [3.63, 3.8) is 0 Å². The molecule has 1 atom stereocenters. The van der Waals surface area contributed by atoms with E-state index in [-0.39, 0.29) is 5.60 Å². The van der Waals surface area contributed by atoms with Gasteiger partial charge in [0.15, 0.2) is 0 Å². The van der Waals surface area contributed by atoms with Crippen molar-refractivity contribution < 1.29 is 14.2 Å². The van der Waals surface area contributed by atoms with Crippen molar-refractivity contribution in [2.24, 2.45) is 0 Å². The normalized spacial score (nSPS) is 23.1. The largest absolute Gasteiger partial charge is 0.497 e. The number of fused-ring (bicyclic) bond motifs is 1. The second-order valence-corrected chi connectivity index (χ2v) is 10.3. The van der Waals surface area contributed by atoms with E-state index in [1.165, 1.54) is 33.6 Å². The van der Waals surface area contributed by atoms with E-state index < -0.39 is 0 Å². The molecular formula is C28H39N3O3. The van der Waals surface area contributed by atoms with Crippen LogP contribution in [-0.2, 0) is 11.2 Å². The number of piperazine rings is 1. The summed E-state index contributed by atoms with van der Waals surface area (Å²) in [6.07, 6.45) is 0.978. The van der Waals surface area contributed by atoms with Gasteiger partial charge in [0, 0.05) is 69.2 Å². The number of rotatable bonds is 5. The van der Waals surface area contributed by atoms with E-state index in [4.69, 9.17) is 14.2 Å². The Kier molecular flexibility index (Phi) is 6.38. The Morgan fingerprint density at radius 3 is 2.15 bits per heavy atom. The van der Waals surface area contributed by atoms with Gasteiger partial charge >= 0.3 is 0 Å². The van der Waals surface area contributed by atoms with Crippen molar-refractivity contribution >= 4 is 11.4 Å². The summed E-state index contributed by atoms with van der Waals surface area (Å²) in [7, 11) is 1.72. The molecule has 0 amide bonds. The Labute approximate surface area is 204 Å². The smallest absolute Gasteiger partial charge is 0.127 e. The van der Waals surface area contributed by atoms with Crippen LogP contribution in [0.15, 0.2) is 24.3 Å². The highest BCUT2D eigenvalue weighted by Crippen LogP contribution is 2.46. The van der Waals surface area contributed by atoms with Gasteiger partial charge in [0.05, 0.1) is 20.3 Å². The summed E-state index contributed by atoms with van der Waals surface area (Å²) in [5, 5.41) is 0. The number of hydrogen-bond donors (Lipinski definition) is 0. The van der Waals surface area contributed by atoms with Crippen LogP contribution in [0.25, 0.3) is 0 Å². The third kappa shape index (κ3) is 4.34.